The number of halogens is 1. The van der Waals surface area contributed by atoms with Gasteiger partial charge in [-0.1, -0.05) is 41.9 Å². The molecule has 0 saturated heterocycles. The Hall–Kier alpha value is -1.51. The second-order valence-electron chi connectivity index (χ2n) is 4.33. The van der Waals surface area contributed by atoms with Crippen molar-refractivity contribution in [2.75, 3.05) is 18.5 Å². The number of ether oxygens (including phenoxy) is 1. The quantitative estimate of drug-likeness (QED) is 0.758. The van der Waals surface area contributed by atoms with Crippen molar-refractivity contribution in [2.45, 2.75) is 13.0 Å². The maximum Gasteiger partial charge on any atom is 0.0717 e. The highest BCUT2D eigenvalue weighted by molar-refractivity contribution is 6.30. The van der Waals surface area contributed by atoms with Gasteiger partial charge in [0.1, 0.15) is 0 Å². The third kappa shape index (κ3) is 5.33. The van der Waals surface area contributed by atoms with E-state index in [2.05, 4.69) is 17.4 Å². The van der Waals surface area contributed by atoms with Gasteiger partial charge in [0.05, 0.1) is 6.61 Å². The van der Waals surface area contributed by atoms with Gasteiger partial charge in [-0.05, 0) is 36.2 Å². The van der Waals surface area contributed by atoms with Crippen LogP contribution >= 0.6 is 11.6 Å². The zero-order valence-corrected chi connectivity index (χ0v) is 11.6. The van der Waals surface area contributed by atoms with E-state index < -0.39 is 0 Å². The third-order valence-electron chi connectivity index (χ3n) is 2.73. The Bertz CT molecular complexity index is 487. The summed E-state index contributed by atoms with van der Waals surface area (Å²) in [5, 5.41) is 4.11. The van der Waals surface area contributed by atoms with Crippen LogP contribution in [-0.4, -0.2) is 13.2 Å². The van der Waals surface area contributed by atoms with Crippen LogP contribution in [0, 0.1) is 0 Å². The molecule has 0 aliphatic heterocycles. The summed E-state index contributed by atoms with van der Waals surface area (Å²) in [7, 11) is 0. The van der Waals surface area contributed by atoms with E-state index in [0.717, 1.165) is 35.8 Å². The number of anilines is 1. The molecule has 100 valence electrons. The monoisotopic (exact) mass is 275 g/mol. The summed E-state index contributed by atoms with van der Waals surface area (Å²) in [5.41, 5.74) is 2.26. The molecule has 19 heavy (non-hydrogen) atoms. The molecule has 0 spiro atoms. The average Bonchev–Trinajstić information content (AvgIpc) is 2.44. The predicted octanol–water partition coefficient (Wildman–Crippen LogP) is 4.36. The molecule has 0 aliphatic rings. The fraction of sp³-hybridized carbons (Fsp3) is 0.250. The molecule has 0 unspecified atom stereocenters. The van der Waals surface area contributed by atoms with Crippen LogP contribution in [0.25, 0.3) is 0 Å². The Morgan fingerprint density at radius 1 is 1.00 bits per heavy atom. The number of nitrogens with one attached hydrogen (secondary N) is 1. The Morgan fingerprint density at radius 3 is 2.63 bits per heavy atom. The normalized spacial score (nSPS) is 10.4. The standard InChI is InChI=1S/C16H18ClNO/c17-15-7-4-6-14(12-15)13-19-11-5-10-18-16-8-2-1-3-9-16/h1-4,6-9,12,18H,5,10-11,13H2. The predicted molar refractivity (Wildman–Crippen MR) is 80.7 cm³/mol. The minimum atomic E-state index is 0.617. The van der Waals surface area contributed by atoms with Crippen molar-refractivity contribution in [1.82, 2.24) is 0 Å². The molecule has 2 aromatic rings. The van der Waals surface area contributed by atoms with Gasteiger partial charge in [-0.15, -0.1) is 0 Å². The molecule has 0 aliphatic carbocycles. The zero-order valence-electron chi connectivity index (χ0n) is 10.8. The fourth-order valence-electron chi connectivity index (χ4n) is 1.78. The van der Waals surface area contributed by atoms with E-state index in [0.29, 0.717) is 6.61 Å². The largest absolute Gasteiger partial charge is 0.385 e. The molecule has 0 amide bonds. The molecule has 3 heteroatoms. The van der Waals surface area contributed by atoms with Crippen LogP contribution in [-0.2, 0) is 11.3 Å². The van der Waals surface area contributed by atoms with Crippen molar-refractivity contribution in [2.24, 2.45) is 0 Å². The first-order valence-electron chi connectivity index (χ1n) is 6.46. The molecular formula is C16H18ClNO. The van der Waals surface area contributed by atoms with E-state index in [1.807, 2.05) is 42.5 Å². The highest BCUT2D eigenvalue weighted by Crippen LogP contribution is 2.11. The Kier molecular flexibility index (Phi) is 5.73. The summed E-state index contributed by atoms with van der Waals surface area (Å²) in [6.07, 6.45) is 0.982. The van der Waals surface area contributed by atoms with Gasteiger partial charge in [-0.3, -0.25) is 0 Å². The number of rotatable bonds is 7. The molecule has 2 rings (SSSR count). The molecule has 0 radical (unpaired) electrons. The molecule has 2 aromatic carbocycles. The maximum absolute atomic E-state index is 5.91. The van der Waals surface area contributed by atoms with Crippen LogP contribution in [0.5, 0.6) is 0 Å². The van der Waals surface area contributed by atoms with Crippen LogP contribution in [0.3, 0.4) is 0 Å². The van der Waals surface area contributed by atoms with Gasteiger partial charge in [0.25, 0.3) is 0 Å². The summed E-state index contributed by atoms with van der Waals surface area (Å²) in [5.74, 6) is 0. The SMILES string of the molecule is Clc1cccc(COCCCNc2ccccc2)c1. The highest BCUT2D eigenvalue weighted by Gasteiger charge is 1.95. The summed E-state index contributed by atoms with van der Waals surface area (Å²) in [6, 6.07) is 18.0. The van der Waals surface area contributed by atoms with E-state index >= 15 is 0 Å². The second kappa shape index (κ2) is 7.82. The minimum Gasteiger partial charge on any atom is -0.385 e. The van der Waals surface area contributed by atoms with Crippen LogP contribution in [0.1, 0.15) is 12.0 Å². The number of para-hydroxylation sites is 1. The first-order chi connectivity index (χ1) is 9.34. The zero-order chi connectivity index (χ0) is 13.3. The summed E-state index contributed by atoms with van der Waals surface area (Å²) in [6.45, 7) is 2.28. The van der Waals surface area contributed by atoms with Crippen LogP contribution in [0.15, 0.2) is 54.6 Å². The van der Waals surface area contributed by atoms with Gasteiger partial charge in [-0.25, -0.2) is 0 Å². The third-order valence-corrected chi connectivity index (χ3v) is 2.96. The topological polar surface area (TPSA) is 21.3 Å². The summed E-state index contributed by atoms with van der Waals surface area (Å²) >= 11 is 5.91. The first-order valence-corrected chi connectivity index (χ1v) is 6.83. The number of benzene rings is 2. The molecule has 0 heterocycles. The van der Waals surface area contributed by atoms with Gasteiger partial charge in [0, 0.05) is 23.9 Å². The Morgan fingerprint density at radius 2 is 1.84 bits per heavy atom. The number of hydrogen-bond acceptors (Lipinski definition) is 2. The van der Waals surface area contributed by atoms with Crippen LogP contribution in [0.2, 0.25) is 5.02 Å². The lowest BCUT2D eigenvalue weighted by Gasteiger charge is -2.07. The van der Waals surface area contributed by atoms with Gasteiger partial charge < -0.3 is 10.1 Å². The average molecular weight is 276 g/mol. The minimum absolute atomic E-state index is 0.617. The van der Waals surface area contributed by atoms with Crippen molar-refractivity contribution in [3.63, 3.8) is 0 Å². The smallest absolute Gasteiger partial charge is 0.0717 e. The van der Waals surface area contributed by atoms with Gasteiger partial charge >= 0.3 is 0 Å². The van der Waals surface area contributed by atoms with Gasteiger partial charge in [0.2, 0.25) is 0 Å². The van der Waals surface area contributed by atoms with Crippen LogP contribution in [0.4, 0.5) is 5.69 Å². The molecule has 0 saturated carbocycles. The van der Waals surface area contributed by atoms with Crippen LogP contribution < -0.4 is 5.32 Å². The summed E-state index contributed by atoms with van der Waals surface area (Å²) in [4.78, 5) is 0. The molecule has 0 aromatic heterocycles. The van der Waals surface area contributed by atoms with Crippen molar-refractivity contribution in [3.05, 3.63) is 65.2 Å². The van der Waals surface area contributed by atoms with Gasteiger partial charge in [0.15, 0.2) is 0 Å². The number of hydrogen-bond donors (Lipinski definition) is 1. The maximum atomic E-state index is 5.91. The van der Waals surface area contributed by atoms with Crippen molar-refractivity contribution < 1.29 is 4.74 Å². The molecule has 0 bridgehead atoms. The lowest BCUT2D eigenvalue weighted by atomic mass is 10.2. The van der Waals surface area contributed by atoms with E-state index in [4.69, 9.17) is 16.3 Å². The van der Waals surface area contributed by atoms with Crippen molar-refractivity contribution >= 4 is 17.3 Å². The van der Waals surface area contributed by atoms with Crippen molar-refractivity contribution in [3.8, 4) is 0 Å². The first kappa shape index (κ1) is 13.9. The second-order valence-corrected chi connectivity index (χ2v) is 4.77. The molecule has 0 atom stereocenters. The highest BCUT2D eigenvalue weighted by atomic mass is 35.5. The summed E-state index contributed by atoms with van der Waals surface area (Å²) < 4.78 is 5.61. The molecule has 0 fully saturated rings. The Labute approximate surface area is 119 Å². The van der Waals surface area contributed by atoms with Crippen molar-refractivity contribution in [1.29, 1.82) is 0 Å². The van der Waals surface area contributed by atoms with E-state index in [-0.39, 0.29) is 0 Å². The molecular weight excluding hydrogens is 258 g/mol. The lowest BCUT2D eigenvalue weighted by molar-refractivity contribution is 0.120. The molecule has 1 N–H and O–H groups in total. The van der Waals surface area contributed by atoms with E-state index in [9.17, 15) is 0 Å². The van der Waals surface area contributed by atoms with E-state index in [1.165, 1.54) is 0 Å². The van der Waals surface area contributed by atoms with Gasteiger partial charge in [-0.2, -0.15) is 0 Å². The fourth-order valence-corrected chi connectivity index (χ4v) is 1.99. The molecule has 2 nitrogen and oxygen atoms in total. The lowest BCUT2D eigenvalue weighted by Crippen LogP contribution is -2.05. The van der Waals surface area contributed by atoms with E-state index in [1.54, 1.807) is 0 Å². The Balaban J connectivity index is 1.58.